The molecule has 5 heterocycles. The van der Waals surface area contributed by atoms with E-state index < -0.39 is 0 Å². The van der Waals surface area contributed by atoms with Gasteiger partial charge in [0.2, 0.25) is 0 Å². The van der Waals surface area contributed by atoms with Crippen LogP contribution in [0.5, 0.6) is 0 Å². The minimum absolute atomic E-state index is 0. The summed E-state index contributed by atoms with van der Waals surface area (Å²) in [5.41, 5.74) is 0. The molecule has 0 unspecified atom stereocenters. The van der Waals surface area contributed by atoms with Gasteiger partial charge in [-0.15, -0.1) is 0 Å². The van der Waals surface area contributed by atoms with Gasteiger partial charge in [-0.1, -0.05) is 0 Å². The normalized spacial score (nSPS) is 21.8. The van der Waals surface area contributed by atoms with Crippen LogP contribution in [0.15, 0.2) is 88.5 Å². The molecule has 0 spiro atoms. The fraction of sp³-hybridized carbons (Fsp3) is 0. The van der Waals surface area contributed by atoms with Gasteiger partial charge in [0.25, 0.3) is 0 Å². The SMILES string of the molecule is C1=CC2=NC3=NC(=NC4=NC(=NC5=NC(=NC1=N2)C=C5)C=C4)C=C3.[NaH]. The standard InChI is InChI=1S/C16H8N8.Na.H/c1-2-10-17-9(1)21-11-3-4-13(18-11)23-15-7-8-16(20-15)24-14-6-5-12(19-14)22-10;;/h1-8H;;. The second-order valence-electron chi connectivity index (χ2n) is 5.09. The Hall–Kier alpha value is -2.68. The first-order valence-corrected chi connectivity index (χ1v) is 7.22. The zero-order valence-corrected chi connectivity index (χ0v) is 12.2. The van der Waals surface area contributed by atoms with Gasteiger partial charge in [-0.2, -0.15) is 0 Å². The maximum atomic E-state index is 4.37. The molecule has 25 heavy (non-hydrogen) atoms. The molecule has 0 aliphatic carbocycles. The van der Waals surface area contributed by atoms with Crippen molar-refractivity contribution in [1.29, 1.82) is 0 Å². The average Bonchev–Trinajstić information content (AvgIpc) is 3.32. The van der Waals surface area contributed by atoms with Gasteiger partial charge in [0.15, 0.2) is 46.7 Å². The summed E-state index contributed by atoms with van der Waals surface area (Å²) in [6, 6.07) is 0. The Bertz CT molecular complexity index is 854. The van der Waals surface area contributed by atoms with Crippen molar-refractivity contribution >= 4 is 76.2 Å². The molecule has 0 amide bonds. The topological polar surface area (TPSA) is 98.9 Å². The van der Waals surface area contributed by atoms with E-state index in [1.165, 1.54) is 0 Å². The number of rotatable bonds is 0. The second-order valence-corrected chi connectivity index (χ2v) is 5.09. The molecule has 5 rings (SSSR count). The van der Waals surface area contributed by atoms with Gasteiger partial charge in [0.1, 0.15) is 0 Å². The van der Waals surface area contributed by atoms with Gasteiger partial charge in [-0.3, -0.25) is 0 Å². The number of fused-ring (bicyclic) bond motifs is 4. The second kappa shape index (κ2) is 6.32. The molecule has 0 aromatic heterocycles. The van der Waals surface area contributed by atoms with Crippen molar-refractivity contribution in [2.45, 2.75) is 0 Å². The van der Waals surface area contributed by atoms with Gasteiger partial charge < -0.3 is 0 Å². The van der Waals surface area contributed by atoms with Crippen LogP contribution in [0, 0.1) is 0 Å². The predicted molar refractivity (Wildman–Crippen MR) is 103 cm³/mol. The third kappa shape index (κ3) is 3.27. The van der Waals surface area contributed by atoms with Crippen molar-refractivity contribution in [3.05, 3.63) is 48.6 Å². The van der Waals surface area contributed by atoms with Gasteiger partial charge in [-0.05, 0) is 48.6 Å². The molecular formula is C16H9N8Na. The van der Waals surface area contributed by atoms with Gasteiger partial charge >= 0.3 is 29.6 Å². The van der Waals surface area contributed by atoms with E-state index in [4.69, 9.17) is 0 Å². The van der Waals surface area contributed by atoms with Crippen LogP contribution in [0.3, 0.4) is 0 Å². The molecule has 0 atom stereocenters. The third-order valence-electron chi connectivity index (χ3n) is 3.36. The van der Waals surface area contributed by atoms with E-state index in [-0.39, 0.29) is 29.6 Å². The average molecular weight is 336 g/mol. The maximum absolute atomic E-state index is 4.37. The van der Waals surface area contributed by atoms with E-state index >= 15 is 0 Å². The molecule has 0 fully saturated rings. The number of hydrogen-bond acceptors (Lipinski definition) is 8. The fourth-order valence-corrected chi connectivity index (χ4v) is 2.33. The number of nitrogens with zero attached hydrogens (tertiary/aromatic N) is 8. The number of amidine groups is 8. The summed E-state index contributed by atoms with van der Waals surface area (Å²) in [5.74, 6) is 4.30. The Kier molecular flexibility index (Phi) is 4.00. The fourth-order valence-electron chi connectivity index (χ4n) is 2.33. The molecule has 5 aliphatic rings. The van der Waals surface area contributed by atoms with Crippen LogP contribution in [0.4, 0.5) is 0 Å². The van der Waals surface area contributed by atoms with Crippen molar-refractivity contribution in [3.63, 3.8) is 0 Å². The van der Waals surface area contributed by atoms with E-state index in [1.54, 1.807) is 48.6 Å². The first-order chi connectivity index (χ1) is 11.8. The molecule has 8 nitrogen and oxygen atoms in total. The van der Waals surface area contributed by atoms with Crippen LogP contribution in [0.2, 0.25) is 0 Å². The quantitative estimate of drug-likeness (QED) is 0.585. The molecule has 0 aromatic carbocycles. The van der Waals surface area contributed by atoms with E-state index in [2.05, 4.69) is 39.9 Å². The van der Waals surface area contributed by atoms with Crippen molar-refractivity contribution in [2.75, 3.05) is 0 Å². The zero-order valence-electron chi connectivity index (χ0n) is 12.2. The molecule has 0 radical (unpaired) electrons. The third-order valence-corrected chi connectivity index (χ3v) is 3.36. The molecule has 0 aromatic rings. The molecule has 114 valence electrons. The summed E-state index contributed by atoms with van der Waals surface area (Å²) in [6.07, 6.45) is 14.2. The number of aliphatic imine (C=N–C) groups is 8. The first kappa shape index (κ1) is 15.8. The van der Waals surface area contributed by atoms with E-state index in [0.29, 0.717) is 46.7 Å². The summed E-state index contributed by atoms with van der Waals surface area (Å²) < 4.78 is 0. The van der Waals surface area contributed by atoms with Gasteiger partial charge in [0, 0.05) is 0 Å². The Morgan fingerprint density at radius 1 is 0.280 bits per heavy atom. The molecule has 5 aliphatic heterocycles. The molecular weight excluding hydrogens is 327 g/mol. The van der Waals surface area contributed by atoms with E-state index in [1.807, 2.05) is 0 Å². The molecule has 8 bridgehead atoms. The van der Waals surface area contributed by atoms with Crippen LogP contribution in [0.25, 0.3) is 0 Å². The van der Waals surface area contributed by atoms with Crippen molar-refractivity contribution < 1.29 is 0 Å². The van der Waals surface area contributed by atoms with Gasteiger partial charge in [0.05, 0.1) is 0 Å². The van der Waals surface area contributed by atoms with Crippen molar-refractivity contribution in [3.8, 4) is 0 Å². The Morgan fingerprint density at radius 3 is 0.520 bits per heavy atom. The zero-order chi connectivity index (χ0) is 15.9. The van der Waals surface area contributed by atoms with E-state index in [0.717, 1.165) is 0 Å². The summed E-state index contributed by atoms with van der Waals surface area (Å²) in [6.45, 7) is 0. The molecule has 0 saturated carbocycles. The summed E-state index contributed by atoms with van der Waals surface area (Å²) in [5, 5.41) is 0. The Morgan fingerprint density at radius 2 is 0.400 bits per heavy atom. The van der Waals surface area contributed by atoms with Crippen LogP contribution >= 0.6 is 0 Å². The molecule has 0 saturated heterocycles. The predicted octanol–water partition coefficient (Wildman–Crippen LogP) is 0.819. The Labute approximate surface area is 164 Å². The summed E-state index contributed by atoms with van der Waals surface area (Å²) in [4.78, 5) is 34.8. The molecule has 9 heteroatoms. The van der Waals surface area contributed by atoms with E-state index in [9.17, 15) is 0 Å². The van der Waals surface area contributed by atoms with Crippen molar-refractivity contribution in [2.24, 2.45) is 39.9 Å². The monoisotopic (exact) mass is 336 g/mol. The molecule has 0 N–H and O–H groups in total. The van der Waals surface area contributed by atoms with Crippen LogP contribution < -0.4 is 0 Å². The van der Waals surface area contributed by atoms with Crippen LogP contribution in [-0.4, -0.2) is 76.2 Å². The summed E-state index contributed by atoms with van der Waals surface area (Å²) >= 11 is 0. The van der Waals surface area contributed by atoms with Crippen LogP contribution in [-0.2, 0) is 0 Å². The number of hydrogen-bond donors (Lipinski definition) is 0. The van der Waals surface area contributed by atoms with Gasteiger partial charge in [-0.25, -0.2) is 39.9 Å². The minimum atomic E-state index is 0. The van der Waals surface area contributed by atoms with Crippen molar-refractivity contribution in [1.82, 2.24) is 0 Å². The van der Waals surface area contributed by atoms with Crippen LogP contribution in [0.1, 0.15) is 0 Å². The first-order valence-electron chi connectivity index (χ1n) is 7.22. The summed E-state index contributed by atoms with van der Waals surface area (Å²) in [7, 11) is 0. The Balaban J connectivity index is 0.00000157.